The summed E-state index contributed by atoms with van der Waals surface area (Å²) in [5.74, 6) is 0. The lowest BCUT2D eigenvalue weighted by Gasteiger charge is -2.16. The first-order chi connectivity index (χ1) is 7.66. The van der Waals surface area contributed by atoms with Gasteiger partial charge in [0.05, 0.1) is 0 Å². The molecule has 2 rings (SSSR count). The summed E-state index contributed by atoms with van der Waals surface area (Å²) in [6.07, 6.45) is 1.17. The van der Waals surface area contributed by atoms with E-state index >= 15 is 0 Å². The van der Waals surface area contributed by atoms with Crippen molar-refractivity contribution in [1.29, 1.82) is 0 Å². The minimum absolute atomic E-state index is 0.453. The monoisotopic (exact) mass is 235 g/mol. The summed E-state index contributed by atoms with van der Waals surface area (Å²) in [5.41, 5.74) is 7.69. The van der Waals surface area contributed by atoms with Crippen LogP contribution in [0.2, 0.25) is 0 Å². The second-order valence-electron chi connectivity index (χ2n) is 4.30. The van der Waals surface area contributed by atoms with Gasteiger partial charge in [0, 0.05) is 23.8 Å². The molecule has 0 aromatic heterocycles. The van der Waals surface area contributed by atoms with E-state index < -0.39 is 0 Å². The van der Waals surface area contributed by atoms with Gasteiger partial charge in [-0.15, -0.1) is 0 Å². The van der Waals surface area contributed by atoms with Gasteiger partial charge in [-0.2, -0.15) is 0 Å². The largest absolute Gasteiger partial charge is 0.389 e. The summed E-state index contributed by atoms with van der Waals surface area (Å²) >= 11 is 5.04. The van der Waals surface area contributed by atoms with E-state index in [1.54, 1.807) is 0 Å². The van der Waals surface area contributed by atoms with Gasteiger partial charge in [0.25, 0.3) is 0 Å². The molecule has 0 radical (unpaired) electrons. The van der Waals surface area contributed by atoms with Crippen LogP contribution in [0.15, 0.2) is 24.3 Å². The van der Waals surface area contributed by atoms with Crippen molar-refractivity contribution in [3.63, 3.8) is 0 Å². The first-order valence-electron chi connectivity index (χ1n) is 5.50. The average molecular weight is 235 g/mol. The Balaban J connectivity index is 2.12. The predicted molar refractivity (Wildman–Crippen MR) is 71.9 cm³/mol. The van der Waals surface area contributed by atoms with Crippen LogP contribution in [0.3, 0.4) is 0 Å². The Morgan fingerprint density at radius 1 is 1.50 bits per heavy atom. The number of nitrogens with two attached hydrogens (primary N) is 1. The Bertz CT molecular complexity index is 392. The molecule has 1 fully saturated rings. The number of likely N-dealkylation sites (N-methyl/N-ethyl adjacent to an activating group) is 1. The van der Waals surface area contributed by atoms with Crippen LogP contribution in [0, 0.1) is 0 Å². The number of nitrogens with one attached hydrogen (secondary N) is 1. The highest BCUT2D eigenvalue weighted by Crippen LogP contribution is 2.19. The molecule has 16 heavy (non-hydrogen) atoms. The third-order valence-corrected chi connectivity index (χ3v) is 3.16. The van der Waals surface area contributed by atoms with E-state index in [0.717, 1.165) is 24.3 Å². The van der Waals surface area contributed by atoms with Crippen molar-refractivity contribution in [2.75, 3.05) is 25.5 Å². The van der Waals surface area contributed by atoms with E-state index in [-0.39, 0.29) is 0 Å². The molecule has 86 valence electrons. The number of thiocarbonyl (C=S) groups is 1. The SMILES string of the molecule is CN1CCC(Nc2ccccc2C(N)=S)C1. The molecule has 0 bridgehead atoms. The Kier molecular flexibility index (Phi) is 3.41. The molecular weight excluding hydrogens is 218 g/mol. The van der Waals surface area contributed by atoms with Gasteiger partial charge >= 0.3 is 0 Å². The molecule has 1 aromatic rings. The number of hydrogen-bond acceptors (Lipinski definition) is 3. The van der Waals surface area contributed by atoms with Crippen LogP contribution in [0.1, 0.15) is 12.0 Å². The van der Waals surface area contributed by atoms with Crippen LogP contribution in [0.25, 0.3) is 0 Å². The smallest absolute Gasteiger partial charge is 0.106 e. The molecule has 1 aliphatic rings. The average Bonchev–Trinajstić information content (AvgIpc) is 2.64. The van der Waals surface area contributed by atoms with Gasteiger partial charge in [-0.3, -0.25) is 0 Å². The van der Waals surface area contributed by atoms with Gasteiger partial charge in [0.1, 0.15) is 4.99 Å². The normalized spacial score (nSPS) is 20.9. The van der Waals surface area contributed by atoms with Gasteiger partial charge < -0.3 is 16.0 Å². The number of rotatable bonds is 3. The molecule has 1 heterocycles. The lowest BCUT2D eigenvalue weighted by atomic mass is 10.1. The van der Waals surface area contributed by atoms with Crippen molar-refractivity contribution in [2.45, 2.75) is 12.5 Å². The second-order valence-corrected chi connectivity index (χ2v) is 4.74. The third kappa shape index (κ3) is 2.51. The zero-order valence-corrected chi connectivity index (χ0v) is 10.3. The van der Waals surface area contributed by atoms with Gasteiger partial charge in [0.15, 0.2) is 0 Å². The number of para-hydroxylation sites is 1. The van der Waals surface area contributed by atoms with E-state index in [4.69, 9.17) is 18.0 Å². The summed E-state index contributed by atoms with van der Waals surface area (Å²) in [4.78, 5) is 2.77. The molecule has 1 unspecified atom stereocenters. The molecule has 0 amide bonds. The highest BCUT2D eigenvalue weighted by molar-refractivity contribution is 7.80. The molecule has 1 aliphatic heterocycles. The minimum Gasteiger partial charge on any atom is -0.389 e. The fraction of sp³-hybridized carbons (Fsp3) is 0.417. The molecule has 4 heteroatoms. The summed E-state index contributed by atoms with van der Waals surface area (Å²) < 4.78 is 0. The first kappa shape index (κ1) is 11.4. The Labute approximate surface area is 102 Å². The summed E-state index contributed by atoms with van der Waals surface area (Å²) in [6, 6.07) is 8.46. The van der Waals surface area contributed by atoms with Crippen molar-refractivity contribution in [1.82, 2.24) is 4.90 Å². The molecule has 1 aromatic carbocycles. The standard InChI is InChI=1S/C12H17N3S/c1-15-7-6-9(8-15)14-11-5-3-2-4-10(11)12(13)16/h2-5,9,14H,6-8H2,1H3,(H2,13,16). The number of hydrogen-bond donors (Lipinski definition) is 2. The third-order valence-electron chi connectivity index (χ3n) is 2.94. The molecule has 0 spiro atoms. The van der Waals surface area contributed by atoms with Gasteiger partial charge in [-0.05, 0) is 32.1 Å². The number of likely N-dealkylation sites (tertiary alicyclic amines) is 1. The molecule has 3 nitrogen and oxygen atoms in total. The molecule has 0 saturated carbocycles. The highest BCUT2D eigenvalue weighted by Gasteiger charge is 2.19. The van der Waals surface area contributed by atoms with Crippen molar-refractivity contribution >= 4 is 22.9 Å². The zero-order valence-electron chi connectivity index (χ0n) is 9.44. The van der Waals surface area contributed by atoms with Crippen molar-refractivity contribution < 1.29 is 0 Å². The quantitative estimate of drug-likeness (QED) is 0.778. The number of nitrogens with zero attached hydrogens (tertiary/aromatic N) is 1. The molecule has 0 aliphatic carbocycles. The number of anilines is 1. The van der Waals surface area contributed by atoms with Crippen LogP contribution in [-0.4, -0.2) is 36.1 Å². The van der Waals surface area contributed by atoms with Crippen LogP contribution in [0.5, 0.6) is 0 Å². The first-order valence-corrected chi connectivity index (χ1v) is 5.91. The zero-order chi connectivity index (χ0) is 11.5. The van der Waals surface area contributed by atoms with E-state index in [9.17, 15) is 0 Å². The maximum Gasteiger partial charge on any atom is 0.106 e. The molecule has 3 N–H and O–H groups in total. The van der Waals surface area contributed by atoms with E-state index in [1.807, 2.05) is 24.3 Å². The molecule has 1 atom stereocenters. The fourth-order valence-corrected chi connectivity index (χ4v) is 2.27. The summed E-state index contributed by atoms with van der Waals surface area (Å²) in [6.45, 7) is 2.22. The predicted octanol–water partition coefficient (Wildman–Crippen LogP) is 1.44. The molecular formula is C12H17N3S. The summed E-state index contributed by atoms with van der Waals surface area (Å²) in [7, 11) is 2.14. The lowest BCUT2D eigenvalue weighted by Crippen LogP contribution is -2.25. The Morgan fingerprint density at radius 3 is 2.88 bits per heavy atom. The maximum atomic E-state index is 5.70. The molecule has 1 saturated heterocycles. The van der Waals surface area contributed by atoms with Crippen molar-refractivity contribution in [2.24, 2.45) is 5.73 Å². The highest BCUT2D eigenvalue weighted by atomic mass is 32.1. The fourth-order valence-electron chi connectivity index (χ4n) is 2.10. The van der Waals surface area contributed by atoms with E-state index in [0.29, 0.717) is 11.0 Å². The second kappa shape index (κ2) is 4.80. The van der Waals surface area contributed by atoms with Crippen LogP contribution in [-0.2, 0) is 0 Å². The minimum atomic E-state index is 0.453. The van der Waals surface area contributed by atoms with Crippen LogP contribution in [0.4, 0.5) is 5.69 Å². The number of benzene rings is 1. The van der Waals surface area contributed by atoms with E-state index in [1.165, 1.54) is 6.42 Å². The Morgan fingerprint density at radius 2 is 2.25 bits per heavy atom. The van der Waals surface area contributed by atoms with E-state index in [2.05, 4.69) is 17.3 Å². The Hall–Kier alpha value is -1.13. The lowest BCUT2D eigenvalue weighted by molar-refractivity contribution is 0.414. The van der Waals surface area contributed by atoms with Crippen LogP contribution >= 0.6 is 12.2 Å². The van der Waals surface area contributed by atoms with Gasteiger partial charge in [-0.25, -0.2) is 0 Å². The topological polar surface area (TPSA) is 41.3 Å². The van der Waals surface area contributed by atoms with Gasteiger partial charge in [0.2, 0.25) is 0 Å². The van der Waals surface area contributed by atoms with Gasteiger partial charge in [-0.1, -0.05) is 24.4 Å². The van der Waals surface area contributed by atoms with Crippen molar-refractivity contribution in [3.05, 3.63) is 29.8 Å². The van der Waals surface area contributed by atoms with Crippen molar-refractivity contribution in [3.8, 4) is 0 Å². The maximum absolute atomic E-state index is 5.70. The summed E-state index contributed by atoms with van der Waals surface area (Å²) in [5, 5.41) is 3.51. The van der Waals surface area contributed by atoms with Crippen LogP contribution < -0.4 is 11.1 Å².